The van der Waals surface area contributed by atoms with Gasteiger partial charge in [0.15, 0.2) is 0 Å². The third-order valence-electron chi connectivity index (χ3n) is 4.16. The quantitative estimate of drug-likeness (QED) is 0.647. The Balaban J connectivity index is 2.08. The highest BCUT2D eigenvalue weighted by Crippen LogP contribution is 2.39. The zero-order valence-electron chi connectivity index (χ0n) is 11.3. The van der Waals surface area contributed by atoms with E-state index in [-0.39, 0.29) is 11.6 Å². The lowest BCUT2D eigenvalue weighted by Gasteiger charge is -2.46. The van der Waals surface area contributed by atoms with Gasteiger partial charge >= 0.3 is 6.18 Å². The van der Waals surface area contributed by atoms with Crippen molar-refractivity contribution in [3.8, 4) is 0 Å². The molecule has 0 aliphatic heterocycles. The molecule has 0 radical (unpaired) electrons. The van der Waals surface area contributed by atoms with Gasteiger partial charge in [-0.25, -0.2) is 0 Å². The minimum absolute atomic E-state index is 0.0991. The Hall–Kier alpha value is -1.11. The van der Waals surface area contributed by atoms with Gasteiger partial charge in [0.25, 0.3) is 0 Å². The number of rotatable bonds is 5. The molecule has 1 atom stereocenters. The predicted molar refractivity (Wildman–Crippen MR) is 69.9 cm³/mol. The predicted octanol–water partition coefficient (Wildman–Crippen LogP) is 2.65. The Morgan fingerprint density at radius 1 is 1.30 bits per heavy atom. The molecule has 1 aromatic rings. The molecule has 0 amide bonds. The summed E-state index contributed by atoms with van der Waals surface area (Å²) in [5, 5.41) is 0. The number of ether oxygens (including phenoxy) is 1. The Morgan fingerprint density at radius 2 is 1.90 bits per heavy atom. The summed E-state index contributed by atoms with van der Waals surface area (Å²) < 4.78 is 43.1. The lowest BCUT2D eigenvalue weighted by atomic mass is 9.73. The van der Waals surface area contributed by atoms with E-state index in [0.717, 1.165) is 37.0 Å². The number of hydrazine groups is 1. The molecule has 1 saturated carbocycles. The molecule has 0 heterocycles. The van der Waals surface area contributed by atoms with Crippen LogP contribution in [-0.2, 0) is 17.3 Å². The molecule has 112 valence electrons. The van der Waals surface area contributed by atoms with Gasteiger partial charge in [0.05, 0.1) is 17.2 Å². The number of nitrogens with two attached hydrogens (primary N) is 1. The Labute approximate surface area is 116 Å². The summed E-state index contributed by atoms with van der Waals surface area (Å²) in [6, 6.07) is 5.09. The van der Waals surface area contributed by atoms with E-state index < -0.39 is 11.7 Å². The fraction of sp³-hybridized carbons (Fsp3) is 0.571. The van der Waals surface area contributed by atoms with Crippen LogP contribution in [0.15, 0.2) is 24.3 Å². The second-order valence-electron chi connectivity index (χ2n) is 5.24. The van der Waals surface area contributed by atoms with E-state index >= 15 is 0 Å². The van der Waals surface area contributed by atoms with Gasteiger partial charge < -0.3 is 4.74 Å². The second kappa shape index (κ2) is 5.71. The minimum Gasteiger partial charge on any atom is -0.377 e. The minimum atomic E-state index is -4.30. The molecule has 3 nitrogen and oxygen atoms in total. The molecule has 0 bridgehead atoms. The van der Waals surface area contributed by atoms with Crippen molar-refractivity contribution in [1.29, 1.82) is 0 Å². The molecule has 0 spiro atoms. The second-order valence-corrected chi connectivity index (χ2v) is 5.24. The lowest BCUT2D eigenvalue weighted by Crippen LogP contribution is -2.59. The smallest absolute Gasteiger partial charge is 0.377 e. The van der Waals surface area contributed by atoms with Crippen molar-refractivity contribution in [1.82, 2.24) is 5.43 Å². The molecule has 1 aliphatic rings. The van der Waals surface area contributed by atoms with Crippen molar-refractivity contribution in [3.63, 3.8) is 0 Å². The highest BCUT2D eigenvalue weighted by molar-refractivity contribution is 5.26. The van der Waals surface area contributed by atoms with Crippen LogP contribution in [0.4, 0.5) is 13.2 Å². The highest BCUT2D eigenvalue weighted by atomic mass is 19.4. The molecular formula is C14H19F3N2O. The molecule has 0 saturated heterocycles. The van der Waals surface area contributed by atoms with Crippen LogP contribution in [0, 0.1) is 0 Å². The van der Waals surface area contributed by atoms with Crippen molar-refractivity contribution >= 4 is 0 Å². The Morgan fingerprint density at radius 3 is 2.25 bits per heavy atom. The van der Waals surface area contributed by atoms with Gasteiger partial charge in [-0.05, 0) is 43.4 Å². The number of nitrogens with one attached hydrogen (secondary N) is 1. The molecule has 0 aromatic heterocycles. The first-order valence-electron chi connectivity index (χ1n) is 6.59. The number of hydrogen-bond acceptors (Lipinski definition) is 3. The van der Waals surface area contributed by atoms with Crippen molar-refractivity contribution < 1.29 is 17.9 Å². The molecule has 1 unspecified atom stereocenters. The van der Waals surface area contributed by atoms with Crippen LogP contribution in [-0.4, -0.2) is 18.8 Å². The van der Waals surface area contributed by atoms with Crippen LogP contribution in [0.2, 0.25) is 0 Å². The van der Waals surface area contributed by atoms with E-state index in [0.29, 0.717) is 6.42 Å². The lowest BCUT2D eigenvalue weighted by molar-refractivity contribution is -0.137. The molecule has 6 heteroatoms. The van der Waals surface area contributed by atoms with E-state index in [1.807, 2.05) is 0 Å². The fourth-order valence-corrected chi connectivity index (χ4v) is 2.68. The van der Waals surface area contributed by atoms with Gasteiger partial charge in [0, 0.05) is 7.11 Å². The number of methoxy groups -OCH3 is 1. The van der Waals surface area contributed by atoms with Crippen LogP contribution in [0.5, 0.6) is 0 Å². The monoisotopic (exact) mass is 288 g/mol. The molecule has 3 N–H and O–H groups in total. The van der Waals surface area contributed by atoms with Crippen molar-refractivity contribution in [2.24, 2.45) is 5.84 Å². The zero-order valence-corrected chi connectivity index (χ0v) is 11.3. The largest absolute Gasteiger partial charge is 0.416 e. The van der Waals surface area contributed by atoms with Crippen LogP contribution < -0.4 is 11.3 Å². The van der Waals surface area contributed by atoms with Crippen LogP contribution in [0.1, 0.15) is 30.4 Å². The third kappa shape index (κ3) is 2.97. The van der Waals surface area contributed by atoms with E-state index in [4.69, 9.17) is 10.6 Å². The average Bonchev–Trinajstić information content (AvgIpc) is 2.36. The first-order chi connectivity index (χ1) is 9.41. The summed E-state index contributed by atoms with van der Waals surface area (Å²) in [7, 11) is 1.65. The summed E-state index contributed by atoms with van der Waals surface area (Å²) in [6.07, 6.45) is -0.842. The molecular weight excluding hydrogens is 269 g/mol. The van der Waals surface area contributed by atoms with Crippen LogP contribution in [0.25, 0.3) is 0 Å². The molecule has 1 fully saturated rings. The number of hydrogen-bond donors (Lipinski definition) is 2. The van der Waals surface area contributed by atoms with Gasteiger partial charge in [0.1, 0.15) is 0 Å². The molecule has 1 aliphatic carbocycles. The number of halogens is 3. The van der Waals surface area contributed by atoms with Gasteiger partial charge in [0.2, 0.25) is 0 Å². The maximum absolute atomic E-state index is 12.5. The summed E-state index contributed by atoms with van der Waals surface area (Å²) in [6.45, 7) is 0. The highest BCUT2D eigenvalue weighted by Gasteiger charge is 2.44. The van der Waals surface area contributed by atoms with Gasteiger partial charge in [-0.3, -0.25) is 11.3 Å². The first kappa shape index (κ1) is 15.3. The Bertz CT molecular complexity index is 435. The van der Waals surface area contributed by atoms with E-state index in [1.54, 1.807) is 7.11 Å². The van der Waals surface area contributed by atoms with E-state index in [9.17, 15) is 13.2 Å². The zero-order chi connectivity index (χ0) is 14.8. The summed E-state index contributed by atoms with van der Waals surface area (Å²) in [4.78, 5) is 0. The topological polar surface area (TPSA) is 47.3 Å². The average molecular weight is 288 g/mol. The normalized spacial score (nSPS) is 19.4. The standard InChI is InChI=1S/C14H19F3N2O/c1-20-13(7-2-8-13)12(19-18)9-10-3-5-11(6-4-10)14(15,16)17/h3-6,12,19H,2,7-9,18H2,1H3. The molecule has 2 rings (SSSR count). The van der Waals surface area contributed by atoms with Crippen molar-refractivity contribution in [2.45, 2.75) is 43.5 Å². The van der Waals surface area contributed by atoms with Crippen molar-refractivity contribution in [3.05, 3.63) is 35.4 Å². The summed E-state index contributed by atoms with van der Waals surface area (Å²) in [5.74, 6) is 5.58. The van der Waals surface area contributed by atoms with E-state index in [2.05, 4.69) is 5.43 Å². The first-order valence-corrected chi connectivity index (χ1v) is 6.59. The summed E-state index contributed by atoms with van der Waals surface area (Å²) >= 11 is 0. The van der Waals surface area contributed by atoms with Crippen LogP contribution in [0.3, 0.4) is 0 Å². The molecule has 1 aromatic carbocycles. The summed E-state index contributed by atoms with van der Waals surface area (Å²) in [5.41, 5.74) is 2.62. The van der Waals surface area contributed by atoms with Crippen molar-refractivity contribution in [2.75, 3.05) is 7.11 Å². The number of alkyl halides is 3. The Kier molecular flexibility index (Phi) is 4.36. The third-order valence-corrected chi connectivity index (χ3v) is 4.16. The fourth-order valence-electron chi connectivity index (χ4n) is 2.68. The van der Waals surface area contributed by atoms with Gasteiger partial charge in [-0.1, -0.05) is 12.1 Å². The maximum Gasteiger partial charge on any atom is 0.416 e. The number of benzene rings is 1. The van der Waals surface area contributed by atoms with Gasteiger partial charge in [-0.2, -0.15) is 13.2 Å². The maximum atomic E-state index is 12.5. The van der Waals surface area contributed by atoms with Crippen LogP contribution >= 0.6 is 0 Å². The van der Waals surface area contributed by atoms with E-state index in [1.165, 1.54) is 12.1 Å². The molecule has 20 heavy (non-hydrogen) atoms. The van der Waals surface area contributed by atoms with Gasteiger partial charge in [-0.15, -0.1) is 0 Å². The SMILES string of the molecule is COC1(C(Cc2ccc(C(F)(F)F)cc2)NN)CCC1.